The lowest BCUT2D eigenvalue weighted by atomic mass is 10.1. The van der Waals surface area contributed by atoms with Gasteiger partial charge in [0.25, 0.3) is 0 Å². The van der Waals surface area contributed by atoms with E-state index >= 15 is 0 Å². The van der Waals surface area contributed by atoms with Crippen LogP contribution in [-0.2, 0) is 17.9 Å². The fraction of sp³-hybridized carbons (Fsp3) is 0.250. The van der Waals surface area contributed by atoms with Crippen LogP contribution >= 0.6 is 11.6 Å². The molecule has 7 heteroatoms. The van der Waals surface area contributed by atoms with Gasteiger partial charge in [0.2, 0.25) is 5.91 Å². The number of halogens is 1. The minimum absolute atomic E-state index is 0.191. The van der Waals surface area contributed by atoms with E-state index in [0.717, 1.165) is 24.1 Å². The monoisotopic (exact) mass is 439 g/mol. The molecule has 2 aromatic carbocycles. The van der Waals surface area contributed by atoms with E-state index < -0.39 is 0 Å². The minimum Gasteiger partial charge on any atom is -0.493 e. The standard InChI is InChI=1S/C24H26ClN3O3/c1-3-12-31-24-21(25)13-20(14-22(24)30-2)8-9-23(29)27-15-18-4-6-19(7-5-18)16-28-11-10-26-17-28/h4-11,13-14,17H,3,12,15-16H2,1-2H3,(H,27,29)/b9-8+. The maximum absolute atomic E-state index is 12.2. The summed E-state index contributed by atoms with van der Waals surface area (Å²) in [6.45, 7) is 3.79. The predicted molar refractivity (Wildman–Crippen MR) is 122 cm³/mol. The van der Waals surface area contributed by atoms with Gasteiger partial charge in [0.05, 0.1) is 25.1 Å². The second kappa shape index (κ2) is 11.2. The summed E-state index contributed by atoms with van der Waals surface area (Å²) in [6.07, 6.45) is 9.52. The van der Waals surface area contributed by atoms with Crippen molar-refractivity contribution in [3.8, 4) is 11.5 Å². The van der Waals surface area contributed by atoms with Gasteiger partial charge in [0.15, 0.2) is 11.5 Å². The molecule has 0 aliphatic rings. The van der Waals surface area contributed by atoms with Crippen molar-refractivity contribution < 1.29 is 14.3 Å². The highest BCUT2D eigenvalue weighted by Gasteiger charge is 2.11. The molecule has 3 aromatic rings. The lowest BCUT2D eigenvalue weighted by Gasteiger charge is -2.12. The Balaban J connectivity index is 1.55. The first-order valence-corrected chi connectivity index (χ1v) is 10.5. The largest absolute Gasteiger partial charge is 0.493 e. The van der Waals surface area contributed by atoms with E-state index in [2.05, 4.69) is 10.3 Å². The molecule has 0 spiro atoms. The van der Waals surface area contributed by atoms with Crippen LogP contribution in [0.3, 0.4) is 0 Å². The molecule has 3 rings (SSSR count). The van der Waals surface area contributed by atoms with E-state index in [1.807, 2.05) is 42.0 Å². The molecular formula is C24H26ClN3O3. The molecule has 1 amide bonds. The van der Waals surface area contributed by atoms with Gasteiger partial charge in [-0.2, -0.15) is 0 Å². The van der Waals surface area contributed by atoms with Gasteiger partial charge in [-0.3, -0.25) is 4.79 Å². The Morgan fingerprint density at radius 2 is 2.00 bits per heavy atom. The number of nitrogens with one attached hydrogen (secondary N) is 1. The summed E-state index contributed by atoms with van der Waals surface area (Å²) in [5.74, 6) is 0.866. The van der Waals surface area contributed by atoms with Gasteiger partial charge >= 0.3 is 0 Å². The van der Waals surface area contributed by atoms with Crippen molar-refractivity contribution in [2.75, 3.05) is 13.7 Å². The highest BCUT2D eigenvalue weighted by molar-refractivity contribution is 6.32. The number of ether oxygens (including phenoxy) is 2. The number of methoxy groups -OCH3 is 1. The van der Waals surface area contributed by atoms with Crippen LogP contribution in [0.25, 0.3) is 6.08 Å². The van der Waals surface area contributed by atoms with Crippen LogP contribution in [0, 0.1) is 0 Å². The average Bonchev–Trinajstić information content (AvgIpc) is 3.29. The lowest BCUT2D eigenvalue weighted by Crippen LogP contribution is -2.20. The van der Waals surface area contributed by atoms with Crippen LogP contribution in [0.2, 0.25) is 5.02 Å². The van der Waals surface area contributed by atoms with Gasteiger partial charge in [-0.05, 0) is 41.3 Å². The molecule has 0 fully saturated rings. The quantitative estimate of drug-likeness (QED) is 0.464. The smallest absolute Gasteiger partial charge is 0.244 e. The minimum atomic E-state index is -0.191. The molecule has 0 aliphatic heterocycles. The number of hydrogen-bond acceptors (Lipinski definition) is 4. The first-order chi connectivity index (χ1) is 15.1. The molecule has 0 unspecified atom stereocenters. The van der Waals surface area contributed by atoms with E-state index in [0.29, 0.717) is 29.7 Å². The Kier molecular flexibility index (Phi) is 8.12. The fourth-order valence-electron chi connectivity index (χ4n) is 2.95. The molecule has 0 saturated carbocycles. The SMILES string of the molecule is CCCOc1c(Cl)cc(/C=C/C(=O)NCc2ccc(Cn3ccnc3)cc2)cc1OC. The number of benzene rings is 2. The van der Waals surface area contributed by atoms with Crippen molar-refractivity contribution in [2.24, 2.45) is 0 Å². The Hall–Kier alpha value is -3.25. The van der Waals surface area contributed by atoms with Crippen molar-refractivity contribution in [1.82, 2.24) is 14.9 Å². The molecule has 1 aromatic heterocycles. The third-order valence-electron chi connectivity index (χ3n) is 4.54. The molecule has 0 saturated heterocycles. The van der Waals surface area contributed by atoms with E-state index in [-0.39, 0.29) is 5.91 Å². The normalized spacial score (nSPS) is 10.9. The number of aromatic nitrogens is 2. The predicted octanol–water partition coefficient (Wildman–Crippen LogP) is 4.71. The summed E-state index contributed by atoms with van der Waals surface area (Å²) >= 11 is 6.32. The van der Waals surface area contributed by atoms with Gasteiger partial charge in [-0.25, -0.2) is 4.98 Å². The van der Waals surface area contributed by atoms with Crippen molar-refractivity contribution in [3.05, 3.63) is 82.9 Å². The van der Waals surface area contributed by atoms with Crippen LogP contribution < -0.4 is 14.8 Å². The van der Waals surface area contributed by atoms with Crippen molar-refractivity contribution in [3.63, 3.8) is 0 Å². The number of carbonyl (C=O) groups is 1. The van der Waals surface area contributed by atoms with Gasteiger partial charge < -0.3 is 19.4 Å². The number of hydrogen-bond donors (Lipinski definition) is 1. The lowest BCUT2D eigenvalue weighted by molar-refractivity contribution is -0.116. The second-order valence-electron chi connectivity index (χ2n) is 6.99. The molecule has 31 heavy (non-hydrogen) atoms. The summed E-state index contributed by atoms with van der Waals surface area (Å²) in [7, 11) is 1.56. The Morgan fingerprint density at radius 3 is 2.68 bits per heavy atom. The van der Waals surface area contributed by atoms with Crippen LogP contribution in [0.5, 0.6) is 11.5 Å². The molecule has 0 aliphatic carbocycles. The highest BCUT2D eigenvalue weighted by Crippen LogP contribution is 2.36. The summed E-state index contributed by atoms with van der Waals surface area (Å²) in [5, 5.41) is 3.33. The van der Waals surface area contributed by atoms with Gasteiger partial charge in [-0.15, -0.1) is 0 Å². The van der Waals surface area contributed by atoms with Gasteiger partial charge in [-0.1, -0.05) is 42.8 Å². The second-order valence-corrected chi connectivity index (χ2v) is 7.39. The van der Waals surface area contributed by atoms with Crippen LogP contribution in [0.15, 0.2) is 61.2 Å². The molecular weight excluding hydrogens is 414 g/mol. The Labute approximate surface area is 187 Å². The van der Waals surface area contributed by atoms with E-state index in [9.17, 15) is 4.79 Å². The number of rotatable bonds is 10. The van der Waals surface area contributed by atoms with Crippen LogP contribution in [0.1, 0.15) is 30.0 Å². The molecule has 0 radical (unpaired) electrons. The summed E-state index contributed by atoms with van der Waals surface area (Å²) in [6, 6.07) is 11.7. The molecule has 1 heterocycles. The van der Waals surface area contributed by atoms with Crippen molar-refractivity contribution in [1.29, 1.82) is 0 Å². The maximum atomic E-state index is 12.2. The Morgan fingerprint density at radius 1 is 1.23 bits per heavy atom. The summed E-state index contributed by atoms with van der Waals surface area (Å²) in [4.78, 5) is 16.3. The van der Waals surface area contributed by atoms with Crippen molar-refractivity contribution in [2.45, 2.75) is 26.4 Å². The zero-order valence-electron chi connectivity index (χ0n) is 17.7. The number of amides is 1. The van der Waals surface area contributed by atoms with E-state index in [4.69, 9.17) is 21.1 Å². The highest BCUT2D eigenvalue weighted by atomic mass is 35.5. The number of nitrogens with zero attached hydrogens (tertiary/aromatic N) is 2. The average molecular weight is 440 g/mol. The third kappa shape index (κ3) is 6.62. The zero-order chi connectivity index (χ0) is 22.1. The topological polar surface area (TPSA) is 65.4 Å². The fourth-order valence-corrected chi connectivity index (χ4v) is 3.23. The van der Waals surface area contributed by atoms with E-state index in [1.165, 1.54) is 11.6 Å². The van der Waals surface area contributed by atoms with Gasteiger partial charge in [0.1, 0.15) is 0 Å². The van der Waals surface area contributed by atoms with Crippen LogP contribution in [0.4, 0.5) is 0 Å². The maximum Gasteiger partial charge on any atom is 0.244 e. The first-order valence-electron chi connectivity index (χ1n) is 10.1. The molecule has 6 nitrogen and oxygen atoms in total. The third-order valence-corrected chi connectivity index (χ3v) is 4.82. The number of imidazole rings is 1. The number of carbonyl (C=O) groups excluding carboxylic acids is 1. The summed E-state index contributed by atoms with van der Waals surface area (Å²) < 4.78 is 13.0. The Bertz CT molecular complexity index is 1020. The van der Waals surface area contributed by atoms with E-state index in [1.54, 1.807) is 37.8 Å². The summed E-state index contributed by atoms with van der Waals surface area (Å²) in [5.41, 5.74) is 2.95. The molecule has 1 N–H and O–H groups in total. The molecule has 0 atom stereocenters. The molecule has 0 bridgehead atoms. The zero-order valence-corrected chi connectivity index (χ0v) is 18.4. The van der Waals surface area contributed by atoms with Crippen LogP contribution in [-0.4, -0.2) is 29.2 Å². The van der Waals surface area contributed by atoms with Crippen molar-refractivity contribution >= 4 is 23.6 Å². The first kappa shape index (κ1) is 22.4. The molecule has 162 valence electrons. The van der Waals surface area contributed by atoms with Gasteiger partial charge in [0, 0.05) is 31.6 Å².